The molecule has 0 spiro atoms. The van der Waals surface area contributed by atoms with Crippen molar-refractivity contribution in [2.75, 3.05) is 0 Å². The Morgan fingerprint density at radius 3 is 1.38 bits per heavy atom. The second-order valence-electron chi connectivity index (χ2n) is 3.67. The molecule has 0 aromatic heterocycles. The van der Waals surface area contributed by atoms with Gasteiger partial charge in [-0.2, -0.15) is 0 Å². The SMILES string of the molecule is CC(C)[C@@H](O)c1c(F)c(F)c(F)c(F)c1F. The highest BCUT2D eigenvalue weighted by Gasteiger charge is 2.30. The highest BCUT2D eigenvalue weighted by Crippen LogP contribution is 2.31. The van der Waals surface area contributed by atoms with Crippen LogP contribution in [-0.2, 0) is 0 Å². The minimum Gasteiger partial charge on any atom is -0.388 e. The lowest BCUT2D eigenvalue weighted by molar-refractivity contribution is 0.115. The van der Waals surface area contributed by atoms with Gasteiger partial charge in [0.1, 0.15) is 0 Å². The van der Waals surface area contributed by atoms with Crippen molar-refractivity contribution in [2.45, 2.75) is 20.0 Å². The van der Waals surface area contributed by atoms with E-state index in [1.54, 1.807) is 0 Å². The molecule has 6 heteroatoms. The molecule has 0 saturated carbocycles. The fraction of sp³-hybridized carbons (Fsp3) is 0.400. The Morgan fingerprint density at radius 2 is 1.06 bits per heavy atom. The Kier molecular flexibility index (Phi) is 3.52. The lowest BCUT2D eigenvalue weighted by atomic mass is 9.97. The maximum Gasteiger partial charge on any atom is 0.200 e. The third-order valence-electron chi connectivity index (χ3n) is 2.17. The van der Waals surface area contributed by atoms with Gasteiger partial charge in [0.05, 0.1) is 11.7 Å². The van der Waals surface area contributed by atoms with Crippen molar-refractivity contribution in [3.63, 3.8) is 0 Å². The van der Waals surface area contributed by atoms with Gasteiger partial charge in [-0.15, -0.1) is 0 Å². The first-order chi connectivity index (χ1) is 7.29. The highest BCUT2D eigenvalue weighted by molar-refractivity contribution is 5.26. The molecule has 1 aromatic carbocycles. The van der Waals surface area contributed by atoms with Gasteiger partial charge in [0.25, 0.3) is 0 Å². The quantitative estimate of drug-likeness (QED) is 0.478. The molecule has 0 radical (unpaired) electrons. The summed E-state index contributed by atoms with van der Waals surface area (Å²) in [6.45, 7) is 2.78. The summed E-state index contributed by atoms with van der Waals surface area (Å²) in [4.78, 5) is 0. The van der Waals surface area contributed by atoms with Crippen LogP contribution in [0, 0.1) is 35.0 Å². The van der Waals surface area contributed by atoms with Gasteiger partial charge < -0.3 is 5.11 Å². The molecule has 0 bridgehead atoms. The molecule has 0 unspecified atom stereocenters. The Morgan fingerprint density at radius 1 is 0.750 bits per heavy atom. The summed E-state index contributed by atoms with van der Waals surface area (Å²) >= 11 is 0. The van der Waals surface area contributed by atoms with Gasteiger partial charge in [-0.1, -0.05) is 13.8 Å². The summed E-state index contributed by atoms with van der Waals surface area (Å²) in [7, 11) is 0. The third kappa shape index (κ3) is 1.89. The van der Waals surface area contributed by atoms with Crippen LogP contribution in [0.2, 0.25) is 0 Å². The fourth-order valence-corrected chi connectivity index (χ4v) is 1.21. The third-order valence-corrected chi connectivity index (χ3v) is 2.17. The van der Waals surface area contributed by atoms with Gasteiger partial charge in [0.15, 0.2) is 23.3 Å². The normalized spacial score (nSPS) is 13.3. The Labute approximate surface area is 88.5 Å². The lowest BCUT2D eigenvalue weighted by Crippen LogP contribution is -2.15. The van der Waals surface area contributed by atoms with E-state index in [1.807, 2.05) is 0 Å². The van der Waals surface area contributed by atoms with E-state index in [1.165, 1.54) is 13.8 Å². The monoisotopic (exact) mass is 240 g/mol. The van der Waals surface area contributed by atoms with E-state index >= 15 is 0 Å². The summed E-state index contributed by atoms with van der Waals surface area (Å²) in [5.74, 6) is -11.0. The number of aliphatic hydroxyl groups excluding tert-OH is 1. The molecule has 1 rings (SSSR count). The molecule has 1 aromatic rings. The molecule has 0 aliphatic rings. The van der Waals surface area contributed by atoms with Gasteiger partial charge >= 0.3 is 0 Å². The summed E-state index contributed by atoms with van der Waals surface area (Å²) < 4.78 is 64.4. The predicted octanol–water partition coefficient (Wildman–Crippen LogP) is 3.07. The second-order valence-corrected chi connectivity index (χ2v) is 3.67. The van der Waals surface area contributed by atoms with Crippen LogP contribution in [0.3, 0.4) is 0 Å². The van der Waals surface area contributed by atoms with Crippen LogP contribution in [0.4, 0.5) is 22.0 Å². The molecule has 90 valence electrons. The van der Waals surface area contributed by atoms with Crippen molar-refractivity contribution < 1.29 is 27.1 Å². The molecule has 16 heavy (non-hydrogen) atoms. The van der Waals surface area contributed by atoms with E-state index in [-0.39, 0.29) is 0 Å². The second kappa shape index (κ2) is 4.37. The van der Waals surface area contributed by atoms with E-state index in [0.717, 1.165) is 0 Å². The molecule has 0 saturated heterocycles. The van der Waals surface area contributed by atoms with Crippen molar-refractivity contribution in [1.29, 1.82) is 0 Å². The molecule has 1 atom stereocenters. The van der Waals surface area contributed by atoms with Crippen LogP contribution < -0.4 is 0 Å². The van der Waals surface area contributed by atoms with E-state index in [9.17, 15) is 27.1 Å². The molecule has 0 heterocycles. The number of hydrogen-bond acceptors (Lipinski definition) is 1. The van der Waals surface area contributed by atoms with E-state index in [2.05, 4.69) is 0 Å². The van der Waals surface area contributed by atoms with Crippen molar-refractivity contribution in [1.82, 2.24) is 0 Å². The average molecular weight is 240 g/mol. The molecule has 0 aliphatic heterocycles. The minimum absolute atomic E-state index is 0.673. The zero-order valence-electron chi connectivity index (χ0n) is 8.49. The number of rotatable bonds is 2. The summed E-state index contributed by atoms with van der Waals surface area (Å²) in [5, 5.41) is 9.36. The molecule has 0 fully saturated rings. The largest absolute Gasteiger partial charge is 0.388 e. The average Bonchev–Trinajstić information content (AvgIpc) is 2.23. The van der Waals surface area contributed by atoms with Gasteiger partial charge in [-0.25, -0.2) is 22.0 Å². The molecular formula is C10H9F5O. The van der Waals surface area contributed by atoms with Crippen molar-refractivity contribution in [3.8, 4) is 0 Å². The maximum atomic E-state index is 13.1. The summed E-state index contributed by atoms with van der Waals surface area (Å²) in [6, 6.07) is 0. The van der Waals surface area contributed by atoms with Gasteiger partial charge in [-0.3, -0.25) is 0 Å². The Bertz CT molecular complexity index is 387. The zero-order valence-corrected chi connectivity index (χ0v) is 8.49. The lowest BCUT2D eigenvalue weighted by Gasteiger charge is -2.17. The van der Waals surface area contributed by atoms with Gasteiger partial charge in [0.2, 0.25) is 5.82 Å². The number of halogens is 5. The van der Waals surface area contributed by atoms with Crippen LogP contribution in [-0.4, -0.2) is 5.11 Å². The Balaban J connectivity index is 3.51. The van der Waals surface area contributed by atoms with Crippen LogP contribution >= 0.6 is 0 Å². The van der Waals surface area contributed by atoms with Crippen molar-refractivity contribution in [2.24, 2.45) is 5.92 Å². The molecule has 0 amide bonds. The number of aliphatic hydroxyl groups is 1. The zero-order chi connectivity index (χ0) is 12.6. The van der Waals surface area contributed by atoms with E-state index in [4.69, 9.17) is 0 Å². The van der Waals surface area contributed by atoms with Crippen molar-refractivity contribution in [3.05, 3.63) is 34.6 Å². The van der Waals surface area contributed by atoms with Crippen LogP contribution in [0.1, 0.15) is 25.5 Å². The Hall–Kier alpha value is -1.17. The fourth-order valence-electron chi connectivity index (χ4n) is 1.21. The molecule has 0 aliphatic carbocycles. The topological polar surface area (TPSA) is 20.2 Å². The van der Waals surface area contributed by atoms with E-state index in [0.29, 0.717) is 0 Å². The molecular weight excluding hydrogens is 231 g/mol. The van der Waals surface area contributed by atoms with Crippen LogP contribution in [0.15, 0.2) is 0 Å². The van der Waals surface area contributed by atoms with Crippen LogP contribution in [0.5, 0.6) is 0 Å². The first-order valence-electron chi connectivity index (χ1n) is 4.48. The predicted molar refractivity (Wildman–Crippen MR) is 46.0 cm³/mol. The standard InChI is InChI=1S/C10H9F5O/c1-3(2)10(16)4-5(11)7(13)9(15)8(14)6(4)12/h3,10,16H,1-2H3/t10-/m1/s1. The first-order valence-corrected chi connectivity index (χ1v) is 4.48. The molecule has 1 N–H and O–H groups in total. The smallest absolute Gasteiger partial charge is 0.200 e. The number of hydrogen-bond donors (Lipinski definition) is 1. The van der Waals surface area contributed by atoms with Gasteiger partial charge in [0, 0.05) is 0 Å². The van der Waals surface area contributed by atoms with Gasteiger partial charge in [-0.05, 0) is 5.92 Å². The van der Waals surface area contributed by atoms with E-state index < -0.39 is 46.7 Å². The summed E-state index contributed by atoms with van der Waals surface area (Å²) in [6.07, 6.45) is -1.75. The minimum atomic E-state index is -2.23. The van der Waals surface area contributed by atoms with Crippen molar-refractivity contribution >= 4 is 0 Å². The highest BCUT2D eigenvalue weighted by atomic mass is 19.2. The number of benzene rings is 1. The first kappa shape index (κ1) is 12.9. The van der Waals surface area contributed by atoms with Crippen LogP contribution in [0.25, 0.3) is 0 Å². The maximum absolute atomic E-state index is 13.1. The summed E-state index contributed by atoms with van der Waals surface area (Å²) in [5.41, 5.74) is -1.19. The molecule has 1 nitrogen and oxygen atoms in total.